The molecule has 1 aliphatic rings. The summed E-state index contributed by atoms with van der Waals surface area (Å²) in [4.78, 5) is 26.7. The van der Waals surface area contributed by atoms with Gasteiger partial charge in [-0.15, -0.1) is 0 Å². The van der Waals surface area contributed by atoms with E-state index in [0.717, 1.165) is 22.3 Å². The molecule has 1 N–H and O–H groups in total. The van der Waals surface area contributed by atoms with Gasteiger partial charge >= 0.3 is 0 Å². The number of carbonyl (C=O) groups excluding carboxylic acids is 1. The van der Waals surface area contributed by atoms with Crippen LogP contribution in [0.15, 0.2) is 52.9 Å². The number of benzene rings is 2. The Labute approximate surface area is 275 Å². The van der Waals surface area contributed by atoms with Gasteiger partial charge in [-0.2, -0.15) is 9.97 Å². The summed E-state index contributed by atoms with van der Waals surface area (Å²) in [6.45, 7) is 12.1. The summed E-state index contributed by atoms with van der Waals surface area (Å²) < 4.78 is 37.1. The van der Waals surface area contributed by atoms with Crippen molar-refractivity contribution in [1.82, 2.24) is 14.9 Å². The minimum absolute atomic E-state index is 0.126. The first kappa shape index (κ1) is 33.9. The number of hydrogen-bond acceptors (Lipinski definition) is 9. The zero-order chi connectivity index (χ0) is 34.1. The first-order chi connectivity index (χ1) is 22.2. The highest BCUT2D eigenvalue weighted by Crippen LogP contribution is 2.47. The molecule has 1 amide bonds. The second kappa shape index (κ2) is 13.3. The van der Waals surface area contributed by atoms with E-state index in [1.54, 1.807) is 24.3 Å². The molecule has 47 heavy (non-hydrogen) atoms. The topological polar surface area (TPSA) is 102 Å². The van der Waals surface area contributed by atoms with Crippen LogP contribution in [0.4, 0.5) is 16.0 Å². The van der Waals surface area contributed by atoms with Crippen LogP contribution in [-0.2, 0) is 28.9 Å². The average Bonchev–Trinajstić information content (AvgIpc) is 3.55. The normalized spacial score (nSPS) is 14.6. The third kappa shape index (κ3) is 7.41. The summed E-state index contributed by atoms with van der Waals surface area (Å²) in [5.41, 5.74) is 4.87. The van der Waals surface area contributed by atoms with Crippen molar-refractivity contribution in [3.8, 4) is 11.8 Å². The fourth-order valence-electron chi connectivity index (χ4n) is 5.98. The lowest BCUT2D eigenvalue weighted by atomic mass is 9.86. The standard InChI is InChI=1S/C36H44FN5O5/c1-22-18-27-28(36(4,5)47-35(27,2)3)20-24(22)19-26-14-15-29(46-26)31(43)38-30-32(44-8)39-34(40-33(30)45-9)42(17-16-41(6)7)21-23-10-12-25(37)13-11-23/h10-15,18,20H,16-17,19,21H2,1-9H3,(H,38,43). The van der Waals surface area contributed by atoms with Crippen molar-refractivity contribution in [3.63, 3.8) is 0 Å². The summed E-state index contributed by atoms with van der Waals surface area (Å²) in [5.74, 6) is 0.563. The number of aryl methyl sites for hydroxylation is 1. The van der Waals surface area contributed by atoms with Crippen molar-refractivity contribution in [2.45, 2.75) is 58.8 Å². The van der Waals surface area contributed by atoms with Gasteiger partial charge in [-0.1, -0.05) is 24.3 Å². The lowest BCUT2D eigenvalue weighted by Crippen LogP contribution is -2.33. The molecule has 0 saturated carbocycles. The molecular weight excluding hydrogens is 601 g/mol. The van der Waals surface area contributed by atoms with Gasteiger partial charge in [-0.25, -0.2) is 4.39 Å². The van der Waals surface area contributed by atoms with E-state index in [1.807, 2.05) is 23.9 Å². The van der Waals surface area contributed by atoms with Crippen LogP contribution >= 0.6 is 0 Å². The molecule has 0 aliphatic carbocycles. The highest BCUT2D eigenvalue weighted by molar-refractivity contribution is 6.03. The number of hydrogen-bond donors (Lipinski definition) is 1. The molecule has 0 unspecified atom stereocenters. The number of rotatable bonds is 12. The van der Waals surface area contributed by atoms with Gasteiger partial charge in [0.25, 0.3) is 5.91 Å². The Bertz CT molecular complexity index is 1720. The molecule has 0 atom stereocenters. The molecule has 3 heterocycles. The van der Waals surface area contributed by atoms with Crippen LogP contribution in [0, 0.1) is 12.7 Å². The second-order valence-corrected chi connectivity index (χ2v) is 13.1. The molecule has 0 fully saturated rings. The zero-order valence-corrected chi connectivity index (χ0v) is 28.7. The van der Waals surface area contributed by atoms with Crippen LogP contribution in [0.2, 0.25) is 0 Å². The van der Waals surface area contributed by atoms with Gasteiger partial charge in [0, 0.05) is 26.1 Å². The second-order valence-electron chi connectivity index (χ2n) is 13.1. The number of methoxy groups -OCH3 is 2. The SMILES string of the molecule is COc1nc(N(CCN(C)C)Cc2ccc(F)cc2)nc(OC)c1NC(=O)c1ccc(Cc2cc3c(cc2C)C(C)(C)OC3(C)C)o1. The Morgan fingerprint density at radius 2 is 1.53 bits per heavy atom. The molecular formula is C36H44FN5O5. The van der Waals surface area contributed by atoms with Gasteiger partial charge in [0.1, 0.15) is 11.6 Å². The lowest BCUT2D eigenvalue weighted by molar-refractivity contribution is -0.105. The minimum atomic E-state index is -0.498. The van der Waals surface area contributed by atoms with Gasteiger partial charge < -0.3 is 33.7 Å². The number of furan rings is 1. The van der Waals surface area contributed by atoms with Gasteiger partial charge in [0.2, 0.25) is 17.7 Å². The van der Waals surface area contributed by atoms with Crippen molar-refractivity contribution >= 4 is 17.5 Å². The fraction of sp³-hybridized carbons (Fsp3) is 0.417. The summed E-state index contributed by atoms with van der Waals surface area (Å²) in [6, 6.07) is 14.1. The Balaban J connectivity index is 1.37. The quantitative estimate of drug-likeness (QED) is 0.186. The van der Waals surface area contributed by atoms with E-state index in [0.29, 0.717) is 37.8 Å². The Morgan fingerprint density at radius 3 is 2.13 bits per heavy atom. The molecule has 2 aromatic heterocycles. The fourth-order valence-corrected chi connectivity index (χ4v) is 5.98. The van der Waals surface area contributed by atoms with Crippen molar-refractivity contribution < 1.29 is 27.8 Å². The van der Waals surface area contributed by atoms with Crippen molar-refractivity contribution in [2.75, 3.05) is 51.6 Å². The predicted molar refractivity (Wildman–Crippen MR) is 179 cm³/mol. The predicted octanol–water partition coefficient (Wildman–Crippen LogP) is 6.45. The molecule has 2 aromatic carbocycles. The third-order valence-electron chi connectivity index (χ3n) is 8.38. The zero-order valence-electron chi connectivity index (χ0n) is 28.7. The number of carbonyl (C=O) groups is 1. The number of nitrogens with zero attached hydrogens (tertiary/aromatic N) is 4. The van der Waals surface area contributed by atoms with E-state index in [1.165, 1.54) is 31.9 Å². The third-order valence-corrected chi connectivity index (χ3v) is 8.38. The minimum Gasteiger partial charge on any atom is -0.479 e. The van der Waals surface area contributed by atoms with Crippen molar-refractivity contribution in [1.29, 1.82) is 0 Å². The van der Waals surface area contributed by atoms with E-state index in [2.05, 4.69) is 62.0 Å². The Hall–Kier alpha value is -4.48. The smallest absolute Gasteiger partial charge is 0.291 e. The Kier molecular flexibility index (Phi) is 9.60. The van der Waals surface area contributed by atoms with Crippen LogP contribution in [0.3, 0.4) is 0 Å². The van der Waals surface area contributed by atoms with E-state index >= 15 is 0 Å². The molecule has 250 valence electrons. The van der Waals surface area contributed by atoms with E-state index in [4.69, 9.17) is 18.6 Å². The summed E-state index contributed by atoms with van der Waals surface area (Å²) in [6.07, 6.45) is 0.518. The lowest BCUT2D eigenvalue weighted by Gasteiger charge is -2.25. The molecule has 0 spiro atoms. The van der Waals surface area contributed by atoms with Crippen molar-refractivity contribution in [3.05, 3.63) is 93.7 Å². The van der Waals surface area contributed by atoms with Crippen molar-refractivity contribution in [2.24, 2.45) is 0 Å². The molecule has 11 heteroatoms. The molecule has 0 saturated heterocycles. The number of ether oxygens (including phenoxy) is 3. The summed E-state index contributed by atoms with van der Waals surface area (Å²) >= 11 is 0. The first-order valence-corrected chi connectivity index (χ1v) is 15.6. The number of amides is 1. The number of anilines is 2. The molecule has 1 aliphatic heterocycles. The van der Waals surface area contributed by atoms with Gasteiger partial charge in [0.15, 0.2) is 11.4 Å². The first-order valence-electron chi connectivity index (χ1n) is 15.6. The molecule has 0 radical (unpaired) electrons. The van der Waals surface area contributed by atoms with E-state index < -0.39 is 11.5 Å². The largest absolute Gasteiger partial charge is 0.479 e. The number of fused-ring (bicyclic) bond motifs is 1. The maximum absolute atomic E-state index is 13.6. The number of halogens is 1. The maximum atomic E-state index is 13.6. The highest BCUT2D eigenvalue weighted by atomic mass is 19.1. The molecule has 10 nitrogen and oxygen atoms in total. The van der Waals surface area contributed by atoms with Crippen LogP contribution in [0.25, 0.3) is 0 Å². The molecule has 5 rings (SSSR count). The van der Waals surface area contributed by atoms with Crippen LogP contribution in [-0.4, -0.2) is 62.2 Å². The summed E-state index contributed by atoms with van der Waals surface area (Å²) in [5, 5.41) is 2.82. The highest BCUT2D eigenvalue weighted by Gasteiger charge is 2.43. The van der Waals surface area contributed by atoms with Crippen LogP contribution < -0.4 is 19.7 Å². The average molecular weight is 646 g/mol. The number of nitrogens with one attached hydrogen (secondary N) is 1. The number of likely N-dealkylation sites (N-methyl/N-ethyl adjacent to an activating group) is 1. The molecule has 4 aromatic rings. The number of aromatic nitrogens is 2. The van der Waals surface area contributed by atoms with Gasteiger partial charge in [0.05, 0.1) is 25.4 Å². The molecule has 0 bridgehead atoms. The van der Waals surface area contributed by atoms with Gasteiger partial charge in [-0.3, -0.25) is 4.79 Å². The van der Waals surface area contributed by atoms with E-state index in [-0.39, 0.29) is 34.6 Å². The van der Waals surface area contributed by atoms with Crippen LogP contribution in [0.5, 0.6) is 11.8 Å². The van der Waals surface area contributed by atoms with Crippen LogP contribution in [0.1, 0.15) is 71.8 Å². The maximum Gasteiger partial charge on any atom is 0.291 e. The Morgan fingerprint density at radius 1 is 0.915 bits per heavy atom. The summed E-state index contributed by atoms with van der Waals surface area (Å²) in [7, 11) is 6.87. The van der Waals surface area contributed by atoms with E-state index in [9.17, 15) is 9.18 Å². The monoisotopic (exact) mass is 645 g/mol. The van der Waals surface area contributed by atoms with Gasteiger partial charge in [-0.05, 0) is 101 Å².